The Morgan fingerprint density at radius 2 is 1.83 bits per heavy atom. The summed E-state index contributed by atoms with van der Waals surface area (Å²) in [6.07, 6.45) is 1.74. The summed E-state index contributed by atoms with van der Waals surface area (Å²) in [6, 6.07) is 11.8. The van der Waals surface area contributed by atoms with Gasteiger partial charge in [0.1, 0.15) is 6.61 Å². The van der Waals surface area contributed by atoms with E-state index in [1.807, 2.05) is 45.0 Å². The van der Waals surface area contributed by atoms with Crippen LogP contribution in [0.4, 0.5) is 4.79 Å². The summed E-state index contributed by atoms with van der Waals surface area (Å²) in [6.45, 7) is 8.55. The summed E-state index contributed by atoms with van der Waals surface area (Å²) < 4.78 is 12.8. The molecule has 0 radical (unpaired) electrons. The Kier molecular flexibility index (Phi) is 7.46. The molecule has 1 heterocycles. The molecule has 0 spiro atoms. The zero-order valence-electron chi connectivity index (χ0n) is 17.4. The monoisotopic (exact) mass is 537 g/mol. The van der Waals surface area contributed by atoms with Crippen LogP contribution in [-0.2, 0) is 11.4 Å². The summed E-state index contributed by atoms with van der Waals surface area (Å²) in [5.41, 5.74) is 3.07. The third-order valence-electron chi connectivity index (χ3n) is 4.47. The Balaban J connectivity index is 1.86. The van der Waals surface area contributed by atoms with Crippen molar-refractivity contribution in [3.8, 4) is 11.5 Å². The minimum atomic E-state index is -0.257. The lowest BCUT2D eigenvalue weighted by atomic mass is 10.1. The van der Waals surface area contributed by atoms with E-state index in [1.165, 1.54) is 10.5 Å². The van der Waals surface area contributed by atoms with Crippen LogP contribution in [0.15, 0.2) is 41.3 Å². The maximum absolute atomic E-state index is 12.6. The molecule has 0 saturated carbocycles. The third kappa shape index (κ3) is 5.18. The van der Waals surface area contributed by atoms with Crippen molar-refractivity contribution in [1.82, 2.24) is 4.90 Å². The molecule has 0 atom stereocenters. The van der Waals surface area contributed by atoms with Crippen molar-refractivity contribution >= 4 is 51.6 Å². The molecule has 0 aromatic heterocycles. The van der Waals surface area contributed by atoms with Crippen LogP contribution in [0, 0.1) is 10.5 Å². The molecule has 1 aliphatic heterocycles. The molecule has 158 valence electrons. The highest BCUT2D eigenvalue weighted by Crippen LogP contribution is 2.38. The molecule has 30 heavy (non-hydrogen) atoms. The fraction of sp³-hybridized carbons (Fsp3) is 0.304. The van der Waals surface area contributed by atoms with Crippen molar-refractivity contribution in [1.29, 1.82) is 0 Å². The minimum absolute atomic E-state index is 0.167. The molecule has 1 fully saturated rings. The molecule has 0 N–H and O–H groups in total. The van der Waals surface area contributed by atoms with Crippen LogP contribution in [0.25, 0.3) is 6.08 Å². The molecule has 0 aliphatic carbocycles. The quantitative estimate of drug-likeness (QED) is 0.319. The zero-order chi connectivity index (χ0) is 21.8. The van der Waals surface area contributed by atoms with Crippen molar-refractivity contribution in [2.45, 2.75) is 40.3 Å². The molecule has 0 bridgehead atoms. The topological polar surface area (TPSA) is 55.8 Å². The number of carbonyl (C=O) groups excluding carboxylic acids is 2. The third-order valence-corrected chi connectivity index (χ3v) is 6.16. The first-order chi connectivity index (χ1) is 14.3. The van der Waals surface area contributed by atoms with Gasteiger partial charge in [-0.15, -0.1) is 0 Å². The first-order valence-corrected chi connectivity index (χ1v) is 11.6. The second-order valence-corrected chi connectivity index (χ2v) is 9.34. The number of rotatable bonds is 7. The van der Waals surface area contributed by atoms with Crippen LogP contribution >= 0.6 is 34.4 Å². The van der Waals surface area contributed by atoms with Crippen molar-refractivity contribution in [2.24, 2.45) is 0 Å². The van der Waals surface area contributed by atoms with Crippen molar-refractivity contribution in [3.63, 3.8) is 0 Å². The Labute approximate surface area is 195 Å². The number of amides is 2. The van der Waals surface area contributed by atoms with Gasteiger partial charge in [-0.1, -0.05) is 29.8 Å². The molecule has 1 saturated heterocycles. The summed E-state index contributed by atoms with van der Waals surface area (Å²) in [7, 11) is 0. The number of hydrogen-bond acceptors (Lipinski definition) is 5. The molecule has 7 heteroatoms. The predicted molar refractivity (Wildman–Crippen MR) is 129 cm³/mol. The van der Waals surface area contributed by atoms with E-state index < -0.39 is 0 Å². The number of halogens is 1. The standard InChI is InChI=1S/C23H24INO4S/c1-5-28-19-11-17(12-20-22(26)25(14(2)3)23(27)30-20)10-18(24)21(19)29-13-16-8-6-15(4)7-9-16/h6-12,14H,5,13H2,1-4H3/b20-12-. The number of benzene rings is 2. The van der Waals surface area contributed by atoms with Gasteiger partial charge in [-0.25, -0.2) is 0 Å². The smallest absolute Gasteiger partial charge is 0.293 e. The number of thioether (sulfide) groups is 1. The molecule has 5 nitrogen and oxygen atoms in total. The van der Waals surface area contributed by atoms with E-state index in [0.29, 0.717) is 29.6 Å². The molecular weight excluding hydrogens is 513 g/mol. The van der Waals surface area contributed by atoms with E-state index in [-0.39, 0.29) is 17.2 Å². The van der Waals surface area contributed by atoms with E-state index in [4.69, 9.17) is 9.47 Å². The van der Waals surface area contributed by atoms with E-state index in [2.05, 4.69) is 41.6 Å². The van der Waals surface area contributed by atoms with Crippen LogP contribution in [0.2, 0.25) is 0 Å². The SMILES string of the molecule is CCOc1cc(/C=C2\SC(=O)N(C(C)C)C2=O)cc(I)c1OCc1ccc(C)cc1. The molecule has 0 unspecified atom stereocenters. The van der Waals surface area contributed by atoms with Crippen LogP contribution in [0.5, 0.6) is 11.5 Å². The van der Waals surface area contributed by atoms with Crippen molar-refractivity contribution < 1.29 is 19.1 Å². The Morgan fingerprint density at radius 1 is 1.13 bits per heavy atom. The Morgan fingerprint density at radius 3 is 2.43 bits per heavy atom. The number of imide groups is 1. The maximum Gasteiger partial charge on any atom is 0.293 e. The van der Waals surface area contributed by atoms with Gasteiger partial charge in [0.2, 0.25) is 0 Å². The Hall–Kier alpha value is -2.00. The molecule has 2 amide bonds. The van der Waals surface area contributed by atoms with Crippen molar-refractivity contribution in [2.75, 3.05) is 6.61 Å². The van der Waals surface area contributed by atoms with Crippen molar-refractivity contribution in [3.05, 3.63) is 61.6 Å². The van der Waals surface area contributed by atoms with E-state index in [1.54, 1.807) is 6.08 Å². The fourth-order valence-corrected chi connectivity index (χ4v) is 4.73. The average molecular weight is 537 g/mol. The van der Waals surface area contributed by atoms with E-state index >= 15 is 0 Å². The first kappa shape index (κ1) is 22.7. The molecule has 2 aromatic rings. The summed E-state index contributed by atoms with van der Waals surface area (Å²) in [5.74, 6) is 1.03. The highest BCUT2D eigenvalue weighted by Gasteiger charge is 2.36. The van der Waals surface area contributed by atoms with Crippen LogP contribution in [0.1, 0.15) is 37.5 Å². The predicted octanol–water partition coefficient (Wildman–Crippen LogP) is 6.02. The van der Waals surface area contributed by atoms with Gasteiger partial charge in [-0.2, -0.15) is 0 Å². The number of carbonyl (C=O) groups is 2. The van der Waals surface area contributed by atoms with Crippen LogP contribution in [0.3, 0.4) is 0 Å². The molecule has 2 aromatic carbocycles. The van der Waals surface area contributed by atoms with Crippen LogP contribution < -0.4 is 9.47 Å². The number of ether oxygens (including phenoxy) is 2. The highest BCUT2D eigenvalue weighted by molar-refractivity contribution is 14.1. The van der Waals surface area contributed by atoms with Gasteiger partial charge in [0.25, 0.3) is 11.1 Å². The largest absolute Gasteiger partial charge is 0.490 e. The second kappa shape index (κ2) is 9.87. The lowest BCUT2D eigenvalue weighted by Crippen LogP contribution is -2.34. The second-order valence-electron chi connectivity index (χ2n) is 7.18. The van der Waals surface area contributed by atoms with Gasteiger partial charge in [0.05, 0.1) is 15.1 Å². The molecule has 1 aliphatic rings. The minimum Gasteiger partial charge on any atom is -0.490 e. The summed E-state index contributed by atoms with van der Waals surface area (Å²) in [4.78, 5) is 26.4. The lowest BCUT2D eigenvalue weighted by molar-refractivity contribution is -0.123. The number of hydrogen-bond donors (Lipinski definition) is 0. The van der Waals surface area contributed by atoms with Gasteiger partial charge in [-0.3, -0.25) is 14.5 Å². The Bertz CT molecular complexity index is 985. The molecular formula is C23H24INO4S. The van der Waals surface area contributed by atoms with Crippen LogP contribution in [-0.4, -0.2) is 28.7 Å². The highest BCUT2D eigenvalue weighted by atomic mass is 127. The zero-order valence-corrected chi connectivity index (χ0v) is 20.4. The van der Waals surface area contributed by atoms with E-state index in [9.17, 15) is 9.59 Å². The van der Waals surface area contributed by atoms with Gasteiger partial charge in [0.15, 0.2) is 11.5 Å². The molecule has 3 rings (SSSR count). The lowest BCUT2D eigenvalue weighted by Gasteiger charge is -2.16. The summed E-state index contributed by atoms with van der Waals surface area (Å²) in [5, 5.41) is -0.237. The first-order valence-electron chi connectivity index (χ1n) is 9.72. The average Bonchev–Trinajstić information content (AvgIpc) is 2.96. The fourth-order valence-electron chi connectivity index (χ4n) is 2.99. The number of aryl methyl sites for hydroxylation is 1. The normalized spacial score (nSPS) is 15.4. The van der Waals surface area contributed by atoms with E-state index in [0.717, 1.165) is 26.5 Å². The van der Waals surface area contributed by atoms with Gasteiger partial charge < -0.3 is 9.47 Å². The van der Waals surface area contributed by atoms with Gasteiger partial charge in [0, 0.05) is 6.04 Å². The summed E-state index contributed by atoms with van der Waals surface area (Å²) >= 11 is 3.17. The number of nitrogens with zero attached hydrogens (tertiary/aromatic N) is 1. The van der Waals surface area contributed by atoms with Gasteiger partial charge in [-0.05, 0) is 91.4 Å². The van der Waals surface area contributed by atoms with Gasteiger partial charge >= 0.3 is 0 Å². The maximum atomic E-state index is 12.6.